The van der Waals surface area contributed by atoms with Gasteiger partial charge in [-0.1, -0.05) is 18.2 Å². The zero-order valence-electron chi connectivity index (χ0n) is 11.5. The van der Waals surface area contributed by atoms with Gasteiger partial charge in [0.15, 0.2) is 0 Å². The van der Waals surface area contributed by atoms with Crippen LogP contribution >= 0.6 is 0 Å². The fraction of sp³-hybridized carbons (Fsp3) is 0.400. The van der Waals surface area contributed by atoms with Gasteiger partial charge >= 0.3 is 0 Å². The minimum absolute atomic E-state index is 0.109. The highest BCUT2D eigenvalue weighted by atomic mass is 16.5. The van der Waals surface area contributed by atoms with Gasteiger partial charge in [-0.3, -0.25) is 0 Å². The number of para-hydroxylation sites is 1. The quantitative estimate of drug-likeness (QED) is 0.862. The second kappa shape index (κ2) is 6.50. The lowest BCUT2D eigenvalue weighted by Crippen LogP contribution is -2.31. The maximum Gasteiger partial charge on any atom is 0.132 e. The molecule has 2 aromatic rings. The van der Waals surface area contributed by atoms with Crippen LogP contribution in [-0.2, 0) is 4.74 Å². The van der Waals surface area contributed by atoms with Gasteiger partial charge in [0, 0.05) is 25.6 Å². The van der Waals surface area contributed by atoms with Crippen molar-refractivity contribution >= 4 is 16.7 Å². The summed E-state index contributed by atoms with van der Waals surface area (Å²) >= 11 is 0. The number of pyridine rings is 1. The number of methoxy groups -OCH3 is 1. The highest BCUT2D eigenvalue weighted by Gasteiger charge is 2.11. The molecule has 0 bridgehead atoms. The van der Waals surface area contributed by atoms with Crippen LogP contribution in [-0.4, -0.2) is 43.5 Å². The molecule has 0 spiro atoms. The summed E-state index contributed by atoms with van der Waals surface area (Å²) in [6.07, 6.45) is 0. The van der Waals surface area contributed by atoms with Gasteiger partial charge in [-0.05, 0) is 24.6 Å². The smallest absolute Gasteiger partial charge is 0.132 e. The highest BCUT2D eigenvalue weighted by Crippen LogP contribution is 2.22. The van der Waals surface area contributed by atoms with E-state index in [1.54, 1.807) is 7.11 Å². The van der Waals surface area contributed by atoms with Gasteiger partial charge in [0.1, 0.15) is 5.82 Å². The van der Waals surface area contributed by atoms with Gasteiger partial charge in [-0.25, -0.2) is 4.98 Å². The van der Waals surface area contributed by atoms with Gasteiger partial charge in [0.2, 0.25) is 0 Å². The van der Waals surface area contributed by atoms with Crippen molar-refractivity contribution in [2.45, 2.75) is 6.92 Å². The molecule has 102 valence electrons. The van der Waals surface area contributed by atoms with E-state index in [1.165, 1.54) is 0 Å². The molecule has 0 radical (unpaired) electrons. The Balaban J connectivity index is 2.37. The highest BCUT2D eigenvalue weighted by molar-refractivity contribution is 5.81. The number of aliphatic hydroxyl groups excluding tert-OH is 1. The summed E-state index contributed by atoms with van der Waals surface area (Å²) in [4.78, 5) is 6.77. The fourth-order valence-electron chi connectivity index (χ4n) is 2.18. The lowest BCUT2D eigenvalue weighted by atomic mass is 10.1. The van der Waals surface area contributed by atoms with Crippen LogP contribution in [0.3, 0.4) is 0 Å². The van der Waals surface area contributed by atoms with Crippen LogP contribution < -0.4 is 4.90 Å². The molecule has 2 rings (SSSR count). The Hall–Kier alpha value is -1.65. The van der Waals surface area contributed by atoms with Crippen LogP contribution in [0.25, 0.3) is 10.9 Å². The normalized spacial score (nSPS) is 10.9. The number of benzene rings is 1. The lowest BCUT2D eigenvalue weighted by molar-refractivity contribution is 0.202. The van der Waals surface area contributed by atoms with E-state index in [9.17, 15) is 5.11 Å². The molecule has 0 atom stereocenters. The van der Waals surface area contributed by atoms with Crippen LogP contribution in [0, 0.1) is 6.92 Å². The van der Waals surface area contributed by atoms with E-state index in [-0.39, 0.29) is 6.61 Å². The maximum absolute atomic E-state index is 9.19. The van der Waals surface area contributed by atoms with Gasteiger partial charge < -0.3 is 14.7 Å². The van der Waals surface area contributed by atoms with Crippen LogP contribution in [0.4, 0.5) is 5.82 Å². The predicted octanol–water partition coefficient (Wildman–Crippen LogP) is 1.99. The summed E-state index contributed by atoms with van der Waals surface area (Å²) in [7, 11) is 1.68. The van der Waals surface area contributed by atoms with Crippen molar-refractivity contribution in [3.8, 4) is 0 Å². The predicted molar refractivity (Wildman–Crippen MR) is 77.7 cm³/mol. The van der Waals surface area contributed by atoms with E-state index >= 15 is 0 Å². The molecule has 1 heterocycles. The van der Waals surface area contributed by atoms with Crippen LogP contribution in [0.15, 0.2) is 30.3 Å². The Labute approximate surface area is 113 Å². The monoisotopic (exact) mass is 260 g/mol. The summed E-state index contributed by atoms with van der Waals surface area (Å²) in [6.45, 7) is 4.07. The minimum Gasteiger partial charge on any atom is -0.395 e. The van der Waals surface area contributed by atoms with Crippen molar-refractivity contribution in [3.05, 3.63) is 35.9 Å². The van der Waals surface area contributed by atoms with E-state index in [4.69, 9.17) is 9.72 Å². The Bertz CT molecular complexity index is 543. The average molecular weight is 260 g/mol. The van der Waals surface area contributed by atoms with Crippen molar-refractivity contribution in [1.29, 1.82) is 0 Å². The average Bonchev–Trinajstić information content (AvgIpc) is 2.43. The minimum atomic E-state index is 0.109. The van der Waals surface area contributed by atoms with Crippen molar-refractivity contribution in [3.63, 3.8) is 0 Å². The number of rotatable bonds is 6. The first-order valence-electron chi connectivity index (χ1n) is 6.47. The van der Waals surface area contributed by atoms with E-state index < -0.39 is 0 Å². The van der Waals surface area contributed by atoms with Crippen molar-refractivity contribution < 1.29 is 9.84 Å². The number of aromatic nitrogens is 1. The van der Waals surface area contributed by atoms with E-state index in [0.29, 0.717) is 13.2 Å². The Morgan fingerprint density at radius 2 is 2.05 bits per heavy atom. The van der Waals surface area contributed by atoms with E-state index in [1.807, 2.05) is 25.1 Å². The Morgan fingerprint density at radius 3 is 2.79 bits per heavy atom. The lowest BCUT2D eigenvalue weighted by Gasteiger charge is -2.24. The number of fused-ring (bicyclic) bond motifs is 1. The molecule has 0 amide bonds. The zero-order valence-corrected chi connectivity index (χ0v) is 11.5. The van der Waals surface area contributed by atoms with Crippen LogP contribution in [0.2, 0.25) is 0 Å². The molecule has 0 unspecified atom stereocenters. The summed E-state index contributed by atoms with van der Waals surface area (Å²) in [6, 6.07) is 10.2. The zero-order chi connectivity index (χ0) is 13.7. The molecular weight excluding hydrogens is 240 g/mol. The van der Waals surface area contributed by atoms with Crippen LogP contribution in [0.1, 0.15) is 5.56 Å². The largest absolute Gasteiger partial charge is 0.395 e. The second-order valence-corrected chi connectivity index (χ2v) is 4.53. The summed E-state index contributed by atoms with van der Waals surface area (Å²) < 4.78 is 5.12. The Morgan fingerprint density at radius 1 is 1.26 bits per heavy atom. The molecule has 4 heteroatoms. The standard InChI is InChI=1S/C15H20N2O2/c1-12-11-13-5-3-4-6-14(13)16-15(12)17(7-9-18)8-10-19-2/h3-6,11,18H,7-10H2,1-2H3. The third-order valence-electron chi connectivity index (χ3n) is 3.12. The van der Waals surface area contributed by atoms with Gasteiger partial charge in [0.05, 0.1) is 18.7 Å². The fourth-order valence-corrected chi connectivity index (χ4v) is 2.18. The van der Waals surface area contributed by atoms with E-state index in [0.717, 1.165) is 28.8 Å². The number of ether oxygens (including phenoxy) is 1. The molecule has 0 saturated carbocycles. The maximum atomic E-state index is 9.19. The second-order valence-electron chi connectivity index (χ2n) is 4.53. The molecule has 1 aromatic carbocycles. The van der Waals surface area contributed by atoms with Crippen molar-refractivity contribution in [1.82, 2.24) is 4.98 Å². The molecular formula is C15H20N2O2. The summed E-state index contributed by atoms with van der Waals surface area (Å²) in [5, 5.41) is 10.3. The molecule has 0 aliphatic heterocycles. The number of anilines is 1. The molecule has 0 aliphatic rings. The molecule has 0 aliphatic carbocycles. The topological polar surface area (TPSA) is 45.6 Å². The molecule has 4 nitrogen and oxygen atoms in total. The number of hydrogen-bond acceptors (Lipinski definition) is 4. The van der Waals surface area contributed by atoms with E-state index in [2.05, 4.69) is 17.0 Å². The molecule has 1 N–H and O–H groups in total. The number of nitrogens with zero attached hydrogens (tertiary/aromatic N) is 2. The SMILES string of the molecule is COCCN(CCO)c1nc2ccccc2cc1C. The molecule has 1 aromatic heterocycles. The third-order valence-corrected chi connectivity index (χ3v) is 3.12. The molecule has 19 heavy (non-hydrogen) atoms. The molecule has 0 saturated heterocycles. The number of aryl methyl sites for hydroxylation is 1. The van der Waals surface area contributed by atoms with Gasteiger partial charge in [0.25, 0.3) is 0 Å². The Kier molecular flexibility index (Phi) is 4.71. The van der Waals surface area contributed by atoms with Crippen molar-refractivity contribution in [2.75, 3.05) is 38.3 Å². The van der Waals surface area contributed by atoms with Gasteiger partial charge in [-0.2, -0.15) is 0 Å². The first-order chi connectivity index (χ1) is 9.26. The van der Waals surface area contributed by atoms with Crippen LogP contribution in [0.5, 0.6) is 0 Å². The first kappa shape index (κ1) is 13.8. The number of hydrogen-bond donors (Lipinski definition) is 1. The molecule has 0 fully saturated rings. The van der Waals surface area contributed by atoms with Gasteiger partial charge in [-0.15, -0.1) is 0 Å². The first-order valence-corrected chi connectivity index (χ1v) is 6.47. The third kappa shape index (κ3) is 3.22. The number of aliphatic hydroxyl groups is 1. The summed E-state index contributed by atoms with van der Waals surface area (Å²) in [5.74, 6) is 0.921. The summed E-state index contributed by atoms with van der Waals surface area (Å²) in [5.41, 5.74) is 2.09. The van der Waals surface area contributed by atoms with Crippen molar-refractivity contribution in [2.24, 2.45) is 0 Å².